The highest BCUT2D eigenvalue weighted by atomic mass is 32.2. The predicted octanol–water partition coefficient (Wildman–Crippen LogP) is 5.04. The van der Waals surface area contributed by atoms with Crippen molar-refractivity contribution in [3.8, 4) is 5.75 Å². The first-order valence-corrected chi connectivity index (χ1v) is 11.1. The molecule has 0 aliphatic heterocycles. The Morgan fingerprint density at radius 2 is 1.97 bits per heavy atom. The molecule has 1 heterocycles. The van der Waals surface area contributed by atoms with Crippen LogP contribution in [0.4, 0.5) is 5.69 Å². The first-order valence-electron chi connectivity index (χ1n) is 10.1. The van der Waals surface area contributed by atoms with Gasteiger partial charge in [0.25, 0.3) is 0 Å². The second-order valence-electron chi connectivity index (χ2n) is 7.33. The van der Waals surface area contributed by atoms with Gasteiger partial charge in [-0.15, -0.1) is 10.2 Å². The molecule has 7 heteroatoms. The Hall–Kier alpha value is -2.80. The fraction of sp³-hybridized carbons (Fsp3) is 0.348. The lowest BCUT2D eigenvalue weighted by atomic mass is 10.0. The van der Waals surface area contributed by atoms with E-state index in [-0.39, 0.29) is 11.7 Å². The fourth-order valence-electron chi connectivity index (χ4n) is 3.13. The van der Waals surface area contributed by atoms with Crippen LogP contribution in [0.3, 0.4) is 0 Å². The van der Waals surface area contributed by atoms with E-state index in [1.165, 1.54) is 11.8 Å². The Morgan fingerprint density at radius 3 is 2.70 bits per heavy atom. The molecule has 0 spiro atoms. The maximum Gasteiger partial charge on any atom is 0.234 e. The average molecular weight is 425 g/mol. The summed E-state index contributed by atoms with van der Waals surface area (Å²) < 4.78 is 7.84. The summed E-state index contributed by atoms with van der Waals surface area (Å²) in [6.07, 6.45) is 0. The summed E-state index contributed by atoms with van der Waals surface area (Å²) in [7, 11) is 0. The van der Waals surface area contributed by atoms with Crippen molar-refractivity contribution in [1.82, 2.24) is 14.8 Å². The molecule has 0 unspecified atom stereocenters. The number of rotatable bonds is 9. The first-order chi connectivity index (χ1) is 14.5. The molecule has 0 atom stereocenters. The van der Waals surface area contributed by atoms with E-state index in [0.717, 1.165) is 28.4 Å². The molecule has 6 nitrogen and oxygen atoms in total. The number of anilines is 1. The number of nitrogens with zero attached hydrogens (tertiary/aromatic N) is 3. The number of benzene rings is 2. The molecule has 0 aliphatic rings. The Kier molecular flexibility index (Phi) is 7.52. The molecule has 1 amide bonds. The van der Waals surface area contributed by atoms with E-state index < -0.39 is 0 Å². The summed E-state index contributed by atoms with van der Waals surface area (Å²) in [6.45, 7) is 9.33. The van der Waals surface area contributed by atoms with Gasteiger partial charge in [0.15, 0.2) is 11.0 Å². The summed E-state index contributed by atoms with van der Waals surface area (Å²) in [4.78, 5) is 12.5. The number of carbonyl (C=O) groups is 1. The summed E-state index contributed by atoms with van der Waals surface area (Å²) in [5.41, 5.74) is 3.14. The summed E-state index contributed by atoms with van der Waals surface area (Å²) in [6, 6.07) is 15.8. The third-order valence-electron chi connectivity index (χ3n) is 4.66. The fourth-order valence-corrected chi connectivity index (χ4v) is 3.96. The van der Waals surface area contributed by atoms with Crippen molar-refractivity contribution in [2.45, 2.75) is 51.9 Å². The van der Waals surface area contributed by atoms with Crippen LogP contribution in [0.25, 0.3) is 0 Å². The van der Waals surface area contributed by atoms with Crippen molar-refractivity contribution in [3.63, 3.8) is 0 Å². The van der Waals surface area contributed by atoms with Crippen LogP contribution in [0, 0.1) is 6.92 Å². The van der Waals surface area contributed by atoms with Crippen LogP contribution in [0.2, 0.25) is 0 Å². The molecule has 1 N–H and O–H groups in total. The van der Waals surface area contributed by atoms with Gasteiger partial charge in [-0.05, 0) is 49.1 Å². The molecule has 158 valence electrons. The Labute approximate surface area is 182 Å². The Bertz CT molecular complexity index is 1000. The molecule has 0 saturated heterocycles. The number of ether oxygens (including phenoxy) is 1. The molecule has 0 radical (unpaired) electrons. The molecule has 0 saturated carbocycles. The van der Waals surface area contributed by atoms with Gasteiger partial charge in [0.05, 0.1) is 5.75 Å². The number of hydrogen-bond donors (Lipinski definition) is 1. The van der Waals surface area contributed by atoms with Crippen molar-refractivity contribution in [1.29, 1.82) is 0 Å². The lowest BCUT2D eigenvalue weighted by Gasteiger charge is -2.13. The highest BCUT2D eigenvalue weighted by molar-refractivity contribution is 7.99. The van der Waals surface area contributed by atoms with Crippen molar-refractivity contribution in [2.75, 3.05) is 11.1 Å². The topological polar surface area (TPSA) is 69.0 Å². The Balaban J connectivity index is 1.60. The van der Waals surface area contributed by atoms with Crippen LogP contribution >= 0.6 is 11.8 Å². The lowest BCUT2D eigenvalue weighted by Crippen LogP contribution is -2.16. The van der Waals surface area contributed by atoms with E-state index in [0.29, 0.717) is 24.2 Å². The van der Waals surface area contributed by atoms with Gasteiger partial charge in [-0.2, -0.15) is 0 Å². The first kappa shape index (κ1) is 21.9. The van der Waals surface area contributed by atoms with Gasteiger partial charge in [-0.3, -0.25) is 4.79 Å². The van der Waals surface area contributed by atoms with Crippen molar-refractivity contribution in [3.05, 3.63) is 65.5 Å². The predicted molar refractivity (Wildman–Crippen MR) is 121 cm³/mol. The second kappa shape index (κ2) is 10.3. The molecule has 3 rings (SSSR count). The minimum absolute atomic E-state index is 0.0590. The van der Waals surface area contributed by atoms with Crippen LogP contribution < -0.4 is 10.1 Å². The third kappa shape index (κ3) is 5.63. The zero-order chi connectivity index (χ0) is 21.5. The minimum Gasteiger partial charge on any atom is -0.486 e. The number of amides is 1. The number of aryl methyl sites for hydroxylation is 1. The molecular formula is C23H28N4O2S. The number of hydrogen-bond acceptors (Lipinski definition) is 5. The maximum absolute atomic E-state index is 12.5. The van der Waals surface area contributed by atoms with E-state index in [2.05, 4.69) is 29.4 Å². The standard InChI is InChI=1S/C23H28N4O2S/c1-5-27-21(14-29-18-10-8-9-17(4)13-18)25-26-23(27)30-15-22(28)24-20-12-7-6-11-19(20)16(2)3/h6-13,16H,5,14-15H2,1-4H3,(H,24,28). The average Bonchev–Trinajstić information content (AvgIpc) is 3.13. The van der Waals surface area contributed by atoms with Crippen LogP contribution in [-0.2, 0) is 17.9 Å². The van der Waals surface area contributed by atoms with Crippen LogP contribution in [0.5, 0.6) is 5.75 Å². The van der Waals surface area contributed by atoms with Gasteiger partial charge < -0.3 is 14.6 Å². The van der Waals surface area contributed by atoms with Gasteiger partial charge in [-0.1, -0.05) is 55.9 Å². The highest BCUT2D eigenvalue weighted by Crippen LogP contribution is 2.24. The SMILES string of the molecule is CCn1c(COc2cccc(C)c2)nnc1SCC(=O)Nc1ccccc1C(C)C. The van der Waals surface area contributed by atoms with E-state index in [1.54, 1.807) is 0 Å². The van der Waals surface area contributed by atoms with Crippen molar-refractivity contribution in [2.24, 2.45) is 0 Å². The second-order valence-corrected chi connectivity index (χ2v) is 8.27. The van der Waals surface area contributed by atoms with Crippen LogP contribution in [-0.4, -0.2) is 26.4 Å². The summed E-state index contributed by atoms with van der Waals surface area (Å²) >= 11 is 1.38. The molecule has 0 fully saturated rings. The zero-order valence-electron chi connectivity index (χ0n) is 17.9. The molecule has 0 bridgehead atoms. The number of para-hydroxylation sites is 1. The van der Waals surface area contributed by atoms with Crippen molar-refractivity contribution < 1.29 is 9.53 Å². The number of aromatic nitrogens is 3. The van der Waals surface area contributed by atoms with Crippen molar-refractivity contribution >= 4 is 23.4 Å². The van der Waals surface area contributed by atoms with E-state index >= 15 is 0 Å². The molecule has 2 aromatic carbocycles. The zero-order valence-corrected chi connectivity index (χ0v) is 18.7. The van der Waals surface area contributed by atoms with Gasteiger partial charge in [0.1, 0.15) is 12.4 Å². The van der Waals surface area contributed by atoms with E-state index in [9.17, 15) is 4.79 Å². The van der Waals surface area contributed by atoms with E-state index in [4.69, 9.17) is 4.74 Å². The molecular weight excluding hydrogens is 396 g/mol. The van der Waals surface area contributed by atoms with Gasteiger partial charge >= 0.3 is 0 Å². The monoisotopic (exact) mass is 424 g/mol. The number of thioether (sulfide) groups is 1. The van der Waals surface area contributed by atoms with E-state index in [1.807, 2.05) is 66.9 Å². The molecule has 30 heavy (non-hydrogen) atoms. The molecule has 3 aromatic rings. The minimum atomic E-state index is -0.0590. The maximum atomic E-state index is 12.5. The van der Waals surface area contributed by atoms with Gasteiger partial charge in [-0.25, -0.2) is 0 Å². The molecule has 1 aromatic heterocycles. The van der Waals surface area contributed by atoms with Crippen LogP contribution in [0.1, 0.15) is 43.6 Å². The van der Waals surface area contributed by atoms with Gasteiger partial charge in [0, 0.05) is 12.2 Å². The third-order valence-corrected chi connectivity index (χ3v) is 5.62. The number of nitrogens with one attached hydrogen (secondary N) is 1. The highest BCUT2D eigenvalue weighted by Gasteiger charge is 2.15. The molecule has 0 aliphatic carbocycles. The lowest BCUT2D eigenvalue weighted by molar-refractivity contribution is -0.113. The number of carbonyl (C=O) groups excluding carboxylic acids is 1. The smallest absolute Gasteiger partial charge is 0.234 e. The largest absolute Gasteiger partial charge is 0.486 e. The van der Waals surface area contributed by atoms with Crippen LogP contribution in [0.15, 0.2) is 53.7 Å². The Morgan fingerprint density at radius 1 is 1.17 bits per heavy atom. The summed E-state index contributed by atoms with van der Waals surface area (Å²) in [5, 5.41) is 12.2. The van der Waals surface area contributed by atoms with Gasteiger partial charge in [0.2, 0.25) is 5.91 Å². The summed E-state index contributed by atoms with van der Waals surface area (Å²) in [5.74, 6) is 2.10. The normalized spacial score (nSPS) is 11.0. The quantitative estimate of drug-likeness (QED) is 0.487.